The van der Waals surface area contributed by atoms with Crippen LogP contribution in [0, 0.1) is 0 Å². The van der Waals surface area contributed by atoms with Crippen molar-refractivity contribution in [2.24, 2.45) is 7.05 Å². The number of carbonyl (C=O) groups is 1. The van der Waals surface area contributed by atoms with Crippen LogP contribution < -0.4 is 10.1 Å². The molecule has 0 radical (unpaired) electrons. The number of nitrogens with zero attached hydrogens (tertiary/aromatic N) is 4. The first-order valence-corrected chi connectivity index (χ1v) is 8.50. The van der Waals surface area contributed by atoms with E-state index in [4.69, 9.17) is 4.74 Å². The Labute approximate surface area is 155 Å². The zero-order valence-electron chi connectivity index (χ0n) is 15.2. The number of amides is 1. The summed E-state index contributed by atoms with van der Waals surface area (Å²) in [5, 5.41) is 17.0. The van der Waals surface area contributed by atoms with Gasteiger partial charge in [0.25, 0.3) is 5.91 Å². The molecule has 0 saturated heterocycles. The van der Waals surface area contributed by atoms with E-state index in [0.29, 0.717) is 23.8 Å². The number of pyridine rings is 2. The molecule has 27 heavy (non-hydrogen) atoms. The average molecular weight is 365 g/mol. The van der Waals surface area contributed by atoms with E-state index >= 15 is 0 Å². The molecule has 1 aliphatic heterocycles. The number of aromatic hydroxyl groups is 1. The van der Waals surface area contributed by atoms with Crippen molar-refractivity contribution in [3.8, 4) is 23.0 Å². The van der Waals surface area contributed by atoms with Crippen LogP contribution in [0.25, 0.3) is 11.3 Å². The third-order valence-corrected chi connectivity index (χ3v) is 4.27. The second kappa shape index (κ2) is 6.08. The minimum Gasteiger partial charge on any atom is -0.493 e. The van der Waals surface area contributed by atoms with Gasteiger partial charge in [0.2, 0.25) is 11.8 Å². The molecular weight excluding hydrogens is 346 g/mol. The fraction of sp³-hybridized carbons (Fsp3) is 0.263. The molecule has 0 spiro atoms. The Kier molecular flexibility index (Phi) is 3.83. The highest BCUT2D eigenvalue weighted by Crippen LogP contribution is 2.36. The summed E-state index contributed by atoms with van der Waals surface area (Å²) >= 11 is 0. The summed E-state index contributed by atoms with van der Waals surface area (Å²) in [6.45, 7) is 3.86. The zero-order chi connectivity index (χ0) is 19.2. The van der Waals surface area contributed by atoms with Crippen LogP contribution >= 0.6 is 0 Å². The molecule has 0 saturated carbocycles. The Bertz CT molecular complexity index is 1040. The monoisotopic (exact) mass is 365 g/mol. The van der Waals surface area contributed by atoms with Gasteiger partial charge in [0.1, 0.15) is 17.0 Å². The van der Waals surface area contributed by atoms with Crippen LogP contribution in [0.2, 0.25) is 0 Å². The minimum absolute atomic E-state index is 0.0867. The number of hydrogen-bond donors (Lipinski definition) is 2. The summed E-state index contributed by atoms with van der Waals surface area (Å²) in [6.07, 6.45) is 4.16. The van der Waals surface area contributed by atoms with Gasteiger partial charge in [0.05, 0.1) is 11.9 Å². The average Bonchev–Trinajstić information content (AvgIpc) is 3.15. The Hall–Kier alpha value is -3.42. The van der Waals surface area contributed by atoms with Crippen LogP contribution in [0.1, 0.15) is 29.8 Å². The molecule has 138 valence electrons. The van der Waals surface area contributed by atoms with Crippen LogP contribution in [0.5, 0.6) is 11.8 Å². The maximum atomic E-state index is 12.6. The number of carbonyl (C=O) groups excluding carboxylic acids is 1. The number of aryl methyl sites for hydroxylation is 1. The molecular formula is C19H19N5O3. The van der Waals surface area contributed by atoms with E-state index in [9.17, 15) is 9.90 Å². The van der Waals surface area contributed by atoms with Crippen molar-refractivity contribution in [3.63, 3.8) is 0 Å². The molecule has 8 heteroatoms. The third-order valence-electron chi connectivity index (χ3n) is 4.27. The fourth-order valence-electron chi connectivity index (χ4n) is 3.07. The molecule has 4 rings (SSSR count). The maximum Gasteiger partial charge on any atom is 0.262 e. The topological polar surface area (TPSA) is 102 Å². The van der Waals surface area contributed by atoms with Gasteiger partial charge in [0.15, 0.2) is 0 Å². The van der Waals surface area contributed by atoms with Gasteiger partial charge in [-0.1, -0.05) is 6.07 Å². The van der Waals surface area contributed by atoms with Gasteiger partial charge in [0, 0.05) is 30.8 Å². The molecule has 4 heterocycles. The number of aromatic nitrogens is 4. The van der Waals surface area contributed by atoms with Crippen molar-refractivity contribution < 1.29 is 14.6 Å². The molecule has 3 aromatic rings. The highest BCUT2D eigenvalue weighted by Gasteiger charge is 2.33. The van der Waals surface area contributed by atoms with E-state index in [1.54, 1.807) is 29.1 Å². The standard InChI is InChI=1S/C19H19N5O3/c1-19(2)8-11-7-13(17(26)23-18(11)27-19)16(25)22-15-6-4-5-14(21-15)12-9-20-24(3)10-12/h4-7,9-10H,8H2,1-3H3,(H,23,26)(H,21,22,25). The van der Waals surface area contributed by atoms with Crippen molar-refractivity contribution in [1.29, 1.82) is 0 Å². The van der Waals surface area contributed by atoms with Gasteiger partial charge in [-0.25, -0.2) is 4.98 Å². The lowest BCUT2D eigenvalue weighted by atomic mass is 10.0. The Morgan fingerprint density at radius 3 is 2.89 bits per heavy atom. The highest BCUT2D eigenvalue weighted by atomic mass is 16.5. The molecule has 0 unspecified atom stereocenters. The van der Waals surface area contributed by atoms with Gasteiger partial charge in [-0.2, -0.15) is 10.1 Å². The highest BCUT2D eigenvalue weighted by molar-refractivity contribution is 6.05. The third kappa shape index (κ3) is 3.33. The summed E-state index contributed by atoms with van der Waals surface area (Å²) in [6, 6.07) is 6.93. The van der Waals surface area contributed by atoms with Crippen molar-refractivity contribution in [2.75, 3.05) is 5.32 Å². The number of rotatable bonds is 3. The van der Waals surface area contributed by atoms with Gasteiger partial charge in [-0.15, -0.1) is 0 Å². The predicted molar refractivity (Wildman–Crippen MR) is 98.7 cm³/mol. The molecule has 0 fully saturated rings. The minimum atomic E-state index is -0.483. The number of fused-ring (bicyclic) bond motifs is 1. The van der Waals surface area contributed by atoms with E-state index < -0.39 is 11.5 Å². The fourth-order valence-corrected chi connectivity index (χ4v) is 3.07. The Balaban J connectivity index is 1.59. The van der Waals surface area contributed by atoms with Crippen LogP contribution in [0.4, 0.5) is 5.82 Å². The van der Waals surface area contributed by atoms with Crippen LogP contribution in [-0.2, 0) is 13.5 Å². The molecule has 2 N–H and O–H groups in total. The zero-order valence-corrected chi connectivity index (χ0v) is 15.2. The summed E-state index contributed by atoms with van der Waals surface area (Å²) in [4.78, 5) is 21.1. The van der Waals surface area contributed by atoms with Crippen LogP contribution in [0.15, 0.2) is 36.7 Å². The SMILES string of the molecule is Cn1cc(-c2cccc(NC(=O)c3cc4c(nc3O)OC(C)(C)C4)n2)cn1. The molecule has 1 aliphatic rings. The quantitative estimate of drug-likeness (QED) is 0.739. The first-order valence-electron chi connectivity index (χ1n) is 8.50. The smallest absolute Gasteiger partial charge is 0.262 e. The van der Waals surface area contributed by atoms with Crippen molar-refractivity contribution in [3.05, 3.63) is 47.8 Å². The second-order valence-electron chi connectivity index (χ2n) is 7.13. The van der Waals surface area contributed by atoms with Crippen LogP contribution in [0.3, 0.4) is 0 Å². The molecule has 1 amide bonds. The van der Waals surface area contributed by atoms with Gasteiger partial charge in [-0.05, 0) is 32.0 Å². The predicted octanol–water partition coefficient (Wildman–Crippen LogP) is 2.55. The Morgan fingerprint density at radius 2 is 2.15 bits per heavy atom. The molecule has 0 aromatic carbocycles. The summed E-state index contributed by atoms with van der Waals surface area (Å²) in [7, 11) is 1.82. The lowest BCUT2D eigenvalue weighted by Crippen LogP contribution is -2.24. The Morgan fingerprint density at radius 1 is 1.33 bits per heavy atom. The van der Waals surface area contributed by atoms with Crippen LogP contribution in [-0.4, -0.2) is 36.4 Å². The van der Waals surface area contributed by atoms with E-state index in [-0.39, 0.29) is 11.4 Å². The van der Waals surface area contributed by atoms with Crippen molar-refractivity contribution >= 4 is 11.7 Å². The number of ether oxygens (including phenoxy) is 1. The molecule has 8 nitrogen and oxygen atoms in total. The largest absolute Gasteiger partial charge is 0.493 e. The first kappa shape index (κ1) is 17.0. The number of hydrogen-bond acceptors (Lipinski definition) is 6. The second-order valence-corrected chi connectivity index (χ2v) is 7.13. The number of nitrogens with one attached hydrogen (secondary N) is 1. The summed E-state index contributed by atoms with van der Waals surface area (Å²) < 4.78 is 7.35. The van der Waals surface area contributed by atoms with Gasteiger partial charge in [-0.3, -0.25) is 9.48 Å². The molecule has 0 atom stereocenters. The normalized spacial score (nSPS) is 14.5. The van der Waals surface area contributed by atoms with Crippen molar-refractivity contribution in [2.45, 2.75) is 25.9 Å². The van der Waals surface area contributed by atoms with E-state index in [1.807, 2.05) is 33.2 Å². The lowest BCUT2D eigenvalue weighted by Gasteiger charge is -2.15. The van der Waals surface area contributed by atoms with Gasteiger partial charge >= 0.3 is 0 Å². The lowest BCUT2D eigenvalue weighted by molar-refractivity contribution is 0.102. The van der Waals surface area contributed by atoms with E-state index in [2.05, 4.69) is 20.4 Å². The number of anilines is 1. The molecule has 0 aliphatic carbocycles. The summed E-state index contributed by atoms with van der Waals surface area (Å²) in [5.41, 5.74) is 2.00. The first-order chi connectivity index (χ1) is 12.8. The van der Waals surface area contributed by atoms with Crippen molar-refractivity contribution in [1.82, 2.24) is 19.7 Å². The van der Waals surface area contributed by atoms with E-state index in [1.165, 1.54) is 0 Å². The van der Waals surface area contributed by atoms with E-state index in [0.717, 1.165) is 11.1 Å². The summed E-state index contributed by atoms with van der Waals surface area (Å²) in [5.74, 6) is -0.112. The molecule has 3 aromatic heterocycles. The van der Waals surface area contributed by atoms with Gasteiger partial charge < -0.3 is 15.2 Å². The maximum absolute atomic E-state index is 12.6. The molecule has 0 bridgehead atoms.